The van der Waals surface area contributed by atoms with Crippen LogP contribution in [0.2, 0.25) is 0 Å². The Kier molecular flexibility index (Phi) is 6.57. The first kappa shape index (κ1) is 18.5. The fourth-order valence-electron chi connectivity index (χ4n) is 2.30. The molecule has 0 unspecified atom stereocenters. The fraction of sp³-hybridized carbons (Fsp3) is 0.300. The van der Waals surface area contributed by atoms with Crippen LogP contribution < -0.4 is 10.1 Å². The van der Waals surface area contributed by atoms with E-state index in [1.165, 1.54) is 5.56 Å². The maximum Gasteiger partial charge on any atom is 0.303 e. The number of rotatable bonds is 8. The van der Waals surface area contributed by atoms with Crippen LogP contribution in [0, 0.1) is 0 Å². The summed E-state index contributed by atoms with van der Waals surface area (Å²) in [5.41, 5.74) is 2.80. The Morgan fingerprint density at radius 3 is 2.24 bits per heavy atom. The number of aliphatic carboxylic acids is 1. The number of carbonyl (C=O) groups is 2. The van der Waals surface area contributed by atoms with Gasteiger partial charge in [-0.15, -0.1) is 0 Å². The number of carboxylic acid groups (broad SMARTS) is 1. The Bertz CT molecular complexity index is 705. The van der Waals surface area contributed by atoms with Gasteiger partial charge in [0.1, 0.15) is 5.75 Å². The molecule has 5 nitrogen and oxygen atoms in total. The molecule has 0 atom stereocenters. The van der Waals surface area contributed by atoms with Crippen molar-refractivity contribution in [3.63, 3.8) is 0 Å². The number of anilines is 1. The van der Waals surface area contributed by atoms with Crippen molar-refractivity contribution in [3.05, 3.63) is 59.7 Å². The van der Waals surface area contributed by atoms with E-state index >= 15 is 0 Å². The lowest BCUT2D eigenvalue weighted by Gasteiger charge is -2.10. The topological polar surface area (TPSA) is 75.6 Å². The number of hydrogen-bond donors (Lipinski definition) is 2. The van der Waals surface area contributed by atoms with Crippen LogP contribution in [0.4, 0.5) is 5.69 Å². The van der Waals surface area contributed by atoms with Crippen LogP contribution in [0.1, 0.15) is 37.3 Å². The molecule has 0 saturated heterocycles. The van der Waals surface area contributed by atoms with Crippen LogP contribution in [0.5, 0.6) is 5.75 Å². The third kappa shape index (κ3) is 6.30. The smallest absolute Gasteiger partial charge is 0.303 e. The van der Waals surface area contributed by atoms with Crippen LogP contribution in [0.3, 0.4) is 0 Å². The molecule has 2 aromatic carbocycles. The van der Waals surface area contributed by atoms with Gasteiger partial charge < -0.3 is 15.2 Å². The van der Waals surface area contributed by atoms with Crippen LogP contribution in [0.25, 0.3) is 0 Å². The summed E-state index contributed by atoms with van der Waals surface area (Å²) in [6.07, 6.45) is 0.564. The van der Waals surface area contributed by atoms with Crippen LogP contribution in [-0.2, 0) is 16.0 Å². The summed E-state index contributed by atoms with van der Waals surface area (Å²) in [5.74, 6) is 0.0431. The number of ether oxygens (including phenoxy) is 1. The van der Waals surface area contributed by atoms with E-state index in [1.54, 1.807) is 12.1 Å². The highest BCUT2D eigenvalue weighted by molar-refractivity contribution is 5.91. The van der Waals surface area contributed by atoms with E-state index in [1.807, 2.05) is 36.4 Å². The number of carboxylic acids is 1. The number of carbonyl (C=O) groups excluding carboxylic acids is 1. The molecule has 1 amide bonds. The van der Waals surface area contributed by atoms with Crippen LogP contribution in [0.15, 0.2) is 48.5 Å². The number of amides is 1. The first-order valence-electron chi connectivity index (χ1n) is 8.27. The molecule has 25 heavy (non-hydrogen) atoms. The van der Waals surface area contributed by atoms with Crippen molar-refractivity contribution >= 4 is 17.6 Å². The molecule has 2 aromatic rings. The van der Waals surface area contributed by atoms with Gasteiger partial charge in [0.25, 0.3) is 5.91 Å². The van der Waals surface area contributed by atoms with E-state index in [0.717, 1.165) is 5.56 Å². The van der Waals surface area contributed by atoms with E-state index < -0.39 is 5.97 Å². The second-order valence-corrected chi connectivity index (χ2v) is 6.15. The average Bonchev–Trinajstić information content (AvgIpc) is 2.59. The normalized spacial score (nSPS) is 10.5. The number of nitrogens with one attached hydrogen (secondary N) is 1. The van der Waals surface area contributed by atoms with Gasteiger partial charge in [0.15, 0.2) is 6.61 Å². The van der Waals surface area contributed by atoms with Gasteiger partial charge in [-0.3, -0.25) is 9.59 Å². The van der Waals surface area contributed by atoms with Gasteiger partial charge in [0.05, 0.1) is 0 Å². The summed E-state index contributed by atoms with van der Waals surface area (Å²) in [6, 6.07) is 14.8. The van der Waals surface area contributed by atoms with Crippen molar-refractivity contribution in [3.8, 4) is 5.75 Å². The van der Waals surface area contributed by atoms with Crippen molar-refractivity contribution in [2.24, 2.45) is 0 Å². The van der Waals surface area contributed by atoms with Gasteiger partial charge in [0.2, 0.25) is 0 Å². The van der Waals surface area contributed by atoms with Gasteiger partial charge in [-0.25, -0.2) is 0 Å². The summed E-state index contributed by atoms with van der Waals surface area (Å²) in [4.78, 5) is 22.5. The fourth-order valence-corrected chi connectivity index (χ4v) is 2.30. The number of aryl methyl sites for hydroxylation is 1. The molecule has 0 bridgehead atoms. The Labute approximate surface area is 147 Å². The molecule has 0 fully saturated rings. The van der Waals surface area contributed by atoms with Crippen LogP contribution in [-0.4, -0.2) is 23.6 Å². The third-order valence-corrected chi connectivity index (χ3v) is 3.78. The predicted molar refractivity (Wildman–Crippen MR) is 97.1 cm³/mol. The summed E-state index contributed by atoms with van der Waals surface area (Å²) in [7, 11) is 0. The van der Waals surface area contributed by atoms with Crippen LogP contribution >= 0.6 is 0 Å². The van der Waals surface area contributed by atoms with Crippen molar-refractivity contribution in [1.29, 1.82) is 0 Å². The Morgan fingerprint density at radius 1 is 1.04 bits per heavy atom. The van der Waals surface area contributed by atoms with Gasteiger partial charge in [-0.05, 0) is 47.7 Å². The lowest BCUT2D eigenvalue weighted by atomic mass is 10.0. The second kappa shape index (κ2) is 8.87. The highest BCUT2D eigenvalue weighted by Crippen LogP contribution is 2.18. The molecule has 0 aliphatic heterocycles. The minimum Gasteiger partial charge on any atom is -0.484 e. The molecule has 0 heterocycles. The average molecular weight is 341 g/mol. The standard InChI is InChI=1S/C20H23NO4/c1-14(2)16-6-10-18(11-7-16)25-13-19(22)21-17-8-3-15(4-9-17)5-12-20(23)24/h3-4,6-11,14H,5,12-13H2,1-2H3,(H,21,22)(H,23,24). The quantitative estimate of drug-likeness (QED) is 0.765. The molecular weight excluding hydrogens is 318 g/mol. The number of hydrogen-bond acceptors (Lipinski definition) is 3. The molecule has 0 spiro atoms. The molecule has 2 N–H and O–H groups in total. The monoisotopic (exact) mass is 341 g/mol. The minimum absolute atomic E-state index is 0.0677. The van der Waals surface area contributed by atoms with Gasteiger partial charge in [-0.2, -0.15) is 0 Å². The molecule has 132 valence electrons. The number of benzene rings is 2. The molecule has 0 saturated carbocycles. The van der Waals surface area contributed by atoms with E-state index in [-0.39, 0.29) is 18.9 Å². The highest BCUT2D eigenvalue weighted by Gasteiger charge is 2.05. The zero-order valence-electron chi connectivity index (χ0n) is 14.5. The highest BCUT2D eigenvalue weighted by atomic mass is 16.5. The van der Waals surface area contributed by atoms with E-state index in [9.17, 15) is 9.59 Å². The molecule has 2 rings (SSSR count). The first-order valence-corrected chi connectivity index (χ1v) is 8.27. The van der Waals surface area contributed by atoms with E-state index in [0.29, 0.717) is 23.8 Å². The maximum absolute atomic E-state index is 11.9. The summed E-state index contributed by atoms with van der Waals surface area (Å²) < 4.78 is 5.49. The largest absolute Gasteiger partial charge is 0.484 e. The zero-order valence-corrected chi connectivity index (χ0v) is 14.5. The summed E-state index contributed by atoms with van der Waals surface area (Å²) >= 11 is 0. The minimum atomic E-state index is -0.823. The lowest BCUT2D eigenvalue weighted by Crippen LogP contribution is -2.20. The Balaban J connectivity index is 1.80. The molecule has 5 heteroatoms. The first-order chi connectivity index (χ1) is 11.9. The maximum atomic E-state index is 11.9. The molecular formula is C20H23NO4. The summed E-state index contributed by atoms with van der Waals surface area (Å²) in [5, 5.41) is 11.4. The summed E-state index contributed by atoms with van der Waals surface area (Å²) in [6.45, 7) is 4.17. The molecule has 0 aromatic heterocycles. The zero-order chi connectivity index (χ0) is 18.2. The van der Waals surface area contributed by atoms with E-state index in [4.69, 9.17) is 9.84 Å². The van der Waals surface area contributed by atoms with Crippen molar-refractivity contribution < 1.29 is 19.4 Å². The SMILES string of the molecule is CC(C)c1ccc(OCC(=O)Nc2ccc(CCC(=O)O)cc2)cc1. The molecule has 0 aliphatic rings. The Morgan fingerprint density at radius 2 is 1.68 bits per heavy atom. The Hall–Kier alpha value is -2.82. The second-order valence-electron chi connectivity index (χ2n) is 6.15. The van der Waals surface area contributed by atoms with Gasteiger partial charge >= 0.3 is 5.97 Å². The van der Waals surface area contributed by atoms with Crippen molar-refractivity contribution in [2.45, 2.75) is 32.6 Å². The van der Waals surface area contributed by atoms with Gasteiger partial charge in [0, 0.05) is 12.1 Å². The third-order valence-electron chi connectivity index (χ3n) is 3.78. The van der Waals surface area contributed by atoms with Crippen molar-refractivity contribution in [1.82, 2.24) is 0 Å². The van der Waals surface area contributed by atoms with E-state index in [2.05, 4.69) is 19.2 Å². The predicted octanol–water partition coefficient (Wildman–Crippen LogP) is 3.84. The molecule has 0 radical (unpaired) electrons. The van der Waals surface area contributed by atoms with Crippen molar-refractivity contribution in [2.75, 3.05) is 11.9 Å². The molecule has 0 aliphatic carbocycles. The van der Waals surface area contributed by atoms with Gasteiger partial charge in [-0.1, -0.05) is 38.1 Å². The lowest BCUT2D eigenvalue weighted by molar-refractivity contribution is -0.137.